The second-order valence-corrected chi connectivity index (χ2v) is 7.06. The Hall–Kier alpha value is -2.41. The molecule has 0 bridgehead atoms. The third kappa shape index (κ3) is 1.38. The number of ether oxygens (including phenoxy) is 2. The van der Waals surface area contributed by atoms with Gasteiger partial charge < -0.3 is 15.2 Å². The van der Waals surface area contributed by atoms with E-state index in [9.17, 15) is 10.5 Å². The van der Waals surface area contributed by atoms with Gasteiger partial charge >= 0.3 is 0 Å². The monoisotopic (exact) mass is 336 g/mol. The summed E-state index contributed by atoms with van der Waals surface area (Å²) in [6, 6.07) is 14.4. The van der Waals surface area contributed by atoms with Crippen molar-refractivity contribution in [2.24, 2.45) is 21.6 Å². The van der Waals surface area contributed by atoms with E-state index in [-0.39, 0.29) is 11.9 Å². The third-order valence-corrected chi connectivity index (χ3v) is 6.01. The van der Waals surface area contributed by atoms with Gasteiger partial charge in [0, 0.05) is 0 Å². The van der Waals surface area contributed by atoms with Crippen LogP contribution in [0.25, 0.3) is 0 Å². The fourth-order valence-electron chi connectivity index (χ4n) is 5.23. The number of hydrogen-bond donors (Lipinski definition) is 1. The van der Waals surface area contributed by atoms with Gasteiger partial charge in [-0.2, -0.15) is 10.5 Å². The number of benzene rings is 1. The van der Waals surface area contributed by atoms with Crippen LogP contribution in [-0.4, -0.2) is 24.5 Å². The molecule has 1 saturated carbocycles. The minimum absolute atomic E-state index is 0.142. The maximum atomic E-state index is 10.3. The maximum Gasteiger partial charge on any atom is 0.294 e. The van der Waals surface area contributed by atoms with Crippen LogP contribution in [0.2, 0.25) is 0 Å². The number of nitriles is 2. The average Bonchev–Trinajstić information content (AvgIpc) is 2.83. The lowest BCUT2D eigenvalue weighted by Gasteiger charge is -2.31. The molecule has 2 heterocycles. The highest BCUT2D eigenvalue weighted by atomic mass is 16.8. The predicted octanol–water partition coefficient (Wildman–Crippen LogP) is 2.22. The normalized spacial score (nSPS) is 44.0. The van der Waals surface area contributed by atoms with Crippen molar-refractivity contribution in [3.63, 3.8) is 0 Å². The summed E-state index contributed by atoms with van der Waals surface area (Å²) >= 11 is 0. The van der Waals surface area contributed by atoms with E-state index in [2.05, 4.69) is 17.1 Å². The predicted molar refractivity (Wildman–Crippen MR) is 90.0 cm³/mol. The van der Waals surface area contributed by atoms with Crippen molar-refractivity contribution in [3.8, 4) is 12.1 Å². The van der Waals surface area contributed by atoms with Crippen LogP contribution in [0, 0.1) is 33.5 Å². The van der Waals surface area contributed by atoms with Gasteiger partial charge in [0.1, 0.15) is 5.84 Å². The number of fused-ring (bicyclic) bond motifs is 2. The fourth-order valence-corrected chi connectivity index (χ4v) is 5.23. The van der Waals surface area contributed by atoms with Crippen molar-refractivity contribution < 1.29 is 9.47 Å². The van der Waals surface area contributed by atoms with E-state index >= 15 is 0 Å². The molecule has 1 saturated heterocycles. The van der Waals surface area contributed by atoms with Gasteiger partial charge in [0.25, 0.3) is 5.91 Å². The van der Waals surface area contributed by atoms with Crippen molar-refractivity contribution in [1.29, 1.82) is 10.5 Å². The van der Waals surface area contributed by atoms with Crippen LogP contribution in [0.1, 0.15) is 32.3 Å². The lowest BCUT2D eigenvalue weighted by atomic mass is 9.79. The molecule has 6 nitrogen and oxygen atoms in total. The topological polar surface area (TPSA) is 104 Å². The Morgan fingerprint density at radius 1 is 1.28 bits per heavy atom. The summed E-state index contributed by atoms with van der Waals surface area (Å²) in [6.45, 7) is 4.22. The lowest BCUT2D eigenvalue weighted by molar-refractivity contribution is -0.197. The summed E-state index contributed by atoms with van der Waals surface area (Å²) in [7, 11) is 0. The van der Waals surface area contributed by atoms with E-state index < -0.39 is 22.2 Å². The summed E-state index contributed by atoms with van der Waals surface area (Å²) in [5.41, 5.74) is 3.87. The molecule has 0 amide bonds. The number of aliphatic imine (C=N–C) groups is 1. The molecule has 4 rings (SSSR count). The van der Waals surface area contributed by atoms with Gasteiger partial charge in [-0.25, -0.2) is 4.99 Å². The van der Waals surface area contributed by atoms with Gasteiger partial charge in [0.2, 0.25) is 0 Å². The molecule has 0 unspecified atom stereocenters. The first-order valence-electron chi connectivity index (χ1n) is 8.57. The van der Waals surface area contributed by atoms with Crippen molar-refractivity contribution >= 4 is 5.84 Å². The Kier molecular flexibility index (Phi) is 3.10. The van der Waals surface area contributed by atoms with Crippen LogP contribution in [0.4, 0.5) is 0 Å². The van der Waals surface area contributed by atoms with Crippen molar-refractivity contribution in [2.75, 3.05) is 6.61 Å². The first-order valence-corrected chi connectivity index (χ1v) is 8.57. The molecule has 0 aromatic heterocycles. The summed E-state index contributed by atoms with van der Waals surface area (Å²) in [5.74, 6) is -1.37. The highest BCUT2D eigenvalue weighted by Gasteiger charge is 3.01. The highest BCUT2D eigenvalue weighted by Crippen LogP contribution is 2.87. The zero-order valence-corrected chi connectivity index (χ0v) is 14.3. The van der Waals surface area contributed by atoms with Crippen LogP contribution in [0.15, 0.2) is 35.3 Å². The molecule has 2 fully saturated rings. The van der Waals surface area contributed by atoms with Gasteiger partial charge in [-0.15, -0.1) is 0 Å². The van der Waals surface area contributed by atoms with Crippen LogP contribution in [0.5, 0.6) is 0 Å². The summed E-state index contributed by atoms with van der Waals surface area (Å²) in [5, 5.41) is 20.5. The number of nitrogens with two attached hydrogens (primary N) is 1. The zero-order valence-electron chi connectivity index (χ0n) is 14.3. The Bertz CT molecular complexity index is 841. The highest BCUT2D eigenvalue weighted by molar-refractivity contribution is 6.02. The Labute approximate surface area is 146 Å². The number of hydrogen-bond acceptors (Lipinski definition) is 6. The van der Waals surface area contributed by atoms with E-state index in [1.807, 2.05) is 44.2 Å². The van der Waals surface area contributed by atoms with E-state index in [0.717, 1.165) is 12.0 Å². The van der Waals surface area contributed by atoms with E-state index in [0.29, 0.717) is 13.0 Å². The van der Waals surface area contributed by atoms with Crippen molar-refractivity contribution in [1.82, 2.24) is 0 Å². The quantitative estimate of drug-likeness (QED) is 0.911. The molecule has 5 atom stereocenters. The average molecular weight is 336 g/mol. The second-order valence-electron chi connectivity index (χ2n) is 7.06. The smallest absolute Gasteiger partial charge is 0.294 e. The molecule has 1 aliphatic carbocycles. The van der Waals surface area contributed by atoms with E-state index in [1.165, 1.54) is 0 Å². The van der Waals surface area contributed by atoms with Gasteiger partial charge in [0.15, 0.2) is 10.8 Å². The maximum absolute atomic E-state index is 10.3. The molecule has 1 spiro atoms. The zero-order chi connectivity index (χ0) is 17.9. The Morgan fingerprint density at radius 3 is 2.52 bits per heavy atom. The van der Waals surface area contributed by atoms with Gasteiger partial charge in [-0.05, 0) is 18.9 Å². The second kappa shape index (κ2) is 4.82. The molecule has 3 aliphatic rings. The molecule has 2 aliphatic heterocycles. The summed E-state index contributed by atoms with van der Waals surface area (Å²) in [4.78, 5) is 4.39. The van der Waals surface area contributed by atoms with Crippen LogP contribution in [-0.2, 0) is 14.9 Å². The first kappa shape index (κ1) is 16.1. The molecule has 128 valence electrons. The summed E-state index contributed by atoms with van der Waals surface area (Å²) < 4.78 is 11.9. The molecule has 1 aromatic rings. The SMILES string of the molecule is CCC[C@@]1(c2ccccc2)[C@]2(C#N)C(N)=N[C@@]3(OC[C@H](C)O3)[C@@]21C#N. The van der Waals surface area contributed by atoms with Crippen molar-refractivity contribution in [3.05, 3.63) is 35.9 Å². The molecular formula is C19H20N4O2. The largest absolute Gasteiger partial charge is 0.386 e. The van der Waals surface area contributed by atoms with Gasteiger partial charge in [0.05, 0.1) is 30.3 Å². The van der Waals surface area contributed by atoms with Gasteiger partial charge in [-0.3, -0.25) is 0 Å². The lowest BCUT2D eigenvalue weighted by Crippen LogP contribution is -2.43. The van der Waals surface area contributed by atoms with Crippen LogP contribution >= 0.6 is 0 Å². The number of rotatable bonds is 3. The van der Waals surface area contributed by atoms with E-state index in [4.69, 9.17) is 15.2 Å². The number of amidine groups is 1. The Morgan fingerprint density at radius 2 is 2.00 bits per heavy atom. The first-order chi connectivity index (χ1) is 12.0. The fraction of sp³-hybridized carbons (Fsp3) is 0.526. The molecule has 0 radical (unpaired) electrons. The Balaban J connectivity index is 2.03. The number of nitrogens with zero attached hydrogens (tertiary/aromatic N) is 3. The summed E-state index contributed by atoms with van der Waals surface area (Å²) in [6.07, 6.45) is 1.20. The molecule has 6 heteroatoms. The minimum atomic E-state index is -1.51. The van der Waals surface area contributed by atoms with Crippen LogP contribution < -0.4 is 5.73 Å². The van der Waals surface area contributed by atoms with Crippen molar-refractivity contribution in [2.45, 2.75) is 44.1 Å². The standard InChI is InChI=1S/C19H20N4O2/c1-3-9-16(14-7-5-4-6-8-14)17(11-20)15(22)23-19(18(16,17)12-21)24-10-13(2)25-19/h4-8,13H,3,9-10H2,1-2H3,(H2,22,23)/t13-,16+,17-,18+,19+/m0/s1. The van der Waals surface area contributed by atoms with E-state index in [1.54, 1.807) is 0 Å². The molecule has 2 N–H and O–H groups in total. The molecule has 25 heavy (non-hydrogen) atoms. The van der Waals surface area contributed by atoms with Crippen LogP contribution in [0.3, 0.4) is 0 Å². The minimum Gasteiger partial charge on any atom is -0.386 e. The molecular weight excluding hydrogens is 316 g/mol. The third-order valence-electron chi connectivity index (χ3n) is 6.01. The van der Waals surface area contributed by atoms with Gasteiger partial charge in [-0.1, -0.05) is 43.7 Å². The molecule has 1 aromatic carbocycles.